The normalized spacial score (nSPS) is 12.9. The maximum absolute atomic E-state index is 10.1. The molecule has 0 spiro atoms. The number of aromatic nitrogens is 2. The average molecular weight is 630 g/mol. The van der Waals surface area contributed by atoms with E-state index in [9.17, 15) is 5.11 Å². The van der Waals surface area contributed by atoms with Crippen LogP contribution in [0.3, 0.4) is 0 Å². The Morgan fingerprint density at radius 3 is 2.24 bits per heavy atom. The van der Waals surface area contributed by atoms with Gasteiger partial charge >= 0.3 is 11.9 Å². The molecule has 2 aromatic heterocycles. The molecule has 10 nitrogen and oxygen atoms in total. The topological polar surface area (TPSA) is 134 Å². The van der Waals surface area contributed by atoms with Crippen LogP contribution < -0.4 is 9.47 Å². The summed E-state index contributed by atoms with van der Waals surface area (Å²) in [7, 11) is 1.63. The van der Waals surface area contributed by atoms with Gasteiger partial charge in [0.05, 0.1) is 13.7 Å². The van der Waals surface area contributed by atoms with Crippen LogP contribution in [0.4, 0.5) is 0 Å². The Balaban J connectivity index is 0.000000609. The fourth-order valence-electron chi connectivity index (χ4n) is 5.24. The first-order valence-electron chi connectivity index (χ1n) is 14.6. The van der Waals surface area contributed by atoms with Gasteiger partial charge in [-0.2, -0.15) is 0 Å². The fraction of sp³-hybridized carbons (Fsp3) is 0.265. The lowest BCUT2D eigenvalue weighted by Crippen LogP contribution is -2.25. The predicted molar refractivity (Wildman–Crippen MR) is 172 cm³/mol. The smallest absolute Gasteiger partial charge is 0.414 e. The molecule has 0 bridgehead atoms. The molecular formula is C34H35N3O7S. The van der Waals surface area contributed by atoms with Gasteiger partial charge in [-0.25, -0.2) is 9.59 Å². The highest BCUT2D eigenvalue weighted by Gasteiger charge is 2.16. The number of methoxy groups -OCH3 is 1. The minimum Gasteiger partial charge on any atom is -0.508 e. The Labute approximate surface area is 264 Å². The molecule has 45 heavy (non-hydrogen) atoms. The van der Waals surface area contributed by atoms with Crippen LogP contribution in [-0.2, 0) is 22.6 Å². The van der Waals surface area contributed by atoms with E-state index in [-0.39, 0.29) is 0 Å². The van der Waals surface area contributed by atoms with Gasteiger partial charge in [0.15, 0.2) is 0 Å². The van der Waals surface area contributed by atoms with Crippen molar-refractivity contribution < 1.29 is 34.4 Å². The predicted octanol–water partition coefficient (Wildman–Crippen LogP) is 5.75. The van der Waals surface area contributed by atoms with Crippen LogP contribution in [0, 0.1) is 0 Å². The lowest BCUT2D eigenvalue weighted by Gasteiger charge is -2.15. The Bertz CT molecular complexity index is 1730. The van der Waals surface area contributed by atoms with E-state index < -0.39 is 11.9 Å². The molecule has 1 aliphatic rings. The molecule has 3 N–H and O–H groups in total. The molecule has 0 amide bonds. The fourth-order valence-corrected chi connectivity index (χ4v) is 6.50. The number of nitrogens with zero attached hydrogens (tertiary/aromatic N) is 3. The molecule has 5 aromatic rings. The van der Waals surface area contributed by atoms with Crippen LogP contribution in [0.1, 0.15) is 29.5 Å². The lowest BCUT2D eigenvalue weighted by molar-refractivity contribution is -0.159. The quantitative estimate of drug-likeness (QED) is 0.165. The number of benzene rings is 3. The second-order valence-electron chi connectivity index (χ2n) is 10.7. The van der Waals surface area contributed by atoms with Crippen LogP contribution >= 0.6 is 11.3 Å². The molecule has 234 valence electrons. The van der Waals surface area contributed by atoms with Gasteiger partial charge in [0.2, 0.25) is 5.88 Å². The summed E-state index contributed by atoms with van der Waals surface area (Å²) in [4.78, 5) is 21.9. The number of hydrogen-bond donors (Lipinski definition) is 3. The van der Waals surface area contributed by atoms with E-state index in [0.29, 0.717) is 18.2 Å². The minimum atomic E-state index is -1.82. The minimum absolute atomic E-state index is 0.295. The van der Waals surface area contributed by atoms with Crippen molar-refractivity contribution in [2.45, 2.75) is 25.8 Å². The van der Waals surface area contributed by atoms with E-state index in [1.807, 2.05) is 29.1 Å². The molecule has 1 fully saturated rings. The summed E-state index contributed by atoms with van der Waals surface area (Å²) in [5.74, 6) is -1.83. The van der Waals surface area contributed by atoms with Gasteiger partial charge < -0.3 is 24.8 Å². The molecule has 1 saturated heterocycles. The second-order valence-corrected chi connectivity index (χ2v) is 11.7. The number of phenols is 1. The van der Waals surface area contributed by atoms with E-state index in [4.69, 9.17) is 29.3 Å². The molecule has 0 aliphatic carbocycles. The van der Waals surface area contributed by atoms with E-state index in [1.54, 1.807) is 24.5 Å². The molecule has 0 saturated carbocycles. The Hall–Kier alpha value is -4.87. The number of carbonyl (C=O) groups is 2. The first-order valence-corrected chi connectivity index (χ1v) is 15.4. The van der Waals surface area contributed by atoms with Gasteiger partial charge in [-0.1, -0.05) is 24.3 Å². The molecule has 1 aliphatic heterocycles. The van der Waals surface area contributed by atoms with Crippen molar-refractivity contribution in [2.75, 3.05) is 33.4 Å². The molecule has 3 aromatic carbocycles. The Kier molecular flexibility index (Phi) is 10.3. The van der Waals surface area contributed by atoms with Crippen molar-refractivity contribution >= 4 is 33.4 Å². The second kappa shape index (κ2) is 14.7. The van der Waals surface area contributed by atoms with Gasteiger partial charge in [-0.3, -0.25) is 9.58 Å². The van der Waals surface area contributed by atoms with Gasteiger partial charge in [-0.05, 0) is 102 Å². The van der Waals surface area contributed by atoms with Gasteiger partial charge in [0, 0.05) is 28.4 Å². The maximum Gasteiger partial charge on any atom is 0.414 e. The number of thiophene rings is 1. The molecule has 11 heteroatoms. The van der Waals surface area contributed by atoms with Crippen LogP contribution in [0.15, 0.2) is 79.0 Å². The van der Waals surface area contributed by atoms with E-state index in [1.165, 1.54) is 58.4 Å². The molecule has 3 heterocycles. The third kappa shape index (κ3) is 8.40. The third-order valence-corrected chi connectivity index (χ3v) is 8.77. The number of ether oxygens (including phenoxy) is 2. The number of likely N-dealkylation sites (tertiary alicyclic amines) is 1. The number of hydrogen-bond acceptors (Lipinski definition) is 8. The highest BCUT2D eigenvalue weighted by atomic mass is 32.1. The summed E-state index contributed by atoms with van der Waals surface area (Å²) in [6.07, 6.45) is 5.34. The first-order chi connectivity index (χ1) is 21.8. The number of aromatic hydroxyl groups is 1. The summed E-state index contributed by atoms with van der Waals surface area (Å²) in [5.41, 5.74) is 4.88. The van der Waals surface area contributed by atoms with Crippen LogP contribution in [0.25, 0.3) is 20.5 Å². The standard InChI is InChI=1S/C32H33N3O3S.C2H2O4/c1-37-31-14-17-35(33-31)22-24-6-4-23(5-7-24)20-29-28-13-10-26(36)21-30(28)39-32(29)25-8-11-27(12-9-25)38-19-18-34-15-2-3-16-34;3-1(4)2(5)6/h4-14,17,21,36H,2-3,15-16,18-20,22H2,1H3;(H,3,4)(H,5,6). The van der Waals surface area contributed by atoms with E-state index >= 15 is 0 Å². The van der Waals surface area contributed by atoms with Crippen LogP contribution in [0.2, 0.25) is 0 Å². The molecule has 0 unspecified atom stereocenters. The number of carboxylic acid groups (broad SMARTS) is 2. The first kappa shape index (κ1) is 31.6. The van der Waals surface area contributed by atoms with Crippen LogP contribution in [-0.4, -0.2) is 75.3 Å². The average Bonchev–Trinajstić information content (AvgIpc) is 3.80. The molecule has 6 rings (SSSR count). The zero-order chi connectivity index (χ0) is 31.8. The SMILES string of the molecule is COc1ccn(Cc2ccc(Cc3c(-c4ccc(OCCN5CCCC5)cc4)sc4cc(O)ccc34)cc2)n1.O=C(O)C(=O)O. The van der Waals surface area contributed by atoms with Crippen LogP contribution in [0.5, 0.6) is 17.4 Å². The maximum atomic E-state index is 10.1. The zero-order valence-electron chi connectivity index (χ0n) is 24.9. The van der Waals surface area contributed by atoms with Crippen molar-refractivity contribution in [3.05, 3.63) is 95.7 Å². The van der Waals surface area contributed by atoms with Gasteiger partial charge in [-0.15, -0.1) is 16.4 Å². The monoisotopic (exact) mass is 629 g/mol. The number of carboxylic acids is 2. The Morgan fingerprint density at radius 2 is 1.60 bits per heavy atom. The van der Waals surface area contributed by atoms with Crippen molar-refractivity contribution in [3.63, 3.8) is 0 Å². The number of fused-ring (bicyclic) bond motifs is 1. The highest BCUT2D eigenvalue weighted by Crippen LogP contribution is 2.41. The molecule has 0 atom stereocenters. The summed E-state index contributed by atoms with van der Waals surface area (Å²) in [5, 5.41) is 30.5. The number of phenolic OH excluding ortho intramolecular Hbond substituents is 1. The number of aliphatic carboxylic acids is 2. The number of rotatable bonds is 10. The van der Waals surface area contributed by atoms with Crippen molar-refractivity contribution in [1.82, 2.24) is 14.7 Å². The summed E-state index contributed by atoms with van der Waals surface area (Å²) in [6.45, 7) is 4.78. The summed E-state index contributed by atoms with van der Waals surface area (Å²) >= 11 is 1.73. The lowest BCUT2D eigenvalue weighted by atomic mass is 9.98. The van der Waals surface area contributed by atoms with Crippen molar-refractivity contribution in [1.29, 1.82) is 0 Å². The van der Waals surface area contributed by atoms with Crippen molar-refractivity contribution in [2.24, 2.45) is 0 Å². The molecule has 0 radical (unpaired) electrons. The summed E-state index contributed by atoms with van der Waals surface area (Å²) < 4.78 is 14.2. The van der Waals surface area contributed by atoms with Gasteiger partial charge in [0.1, 0.15) is 18.1 Å². The van der Waals surface area contributed by atoms with E-state index in [0.717, 1.165) is 30.0 Å². The van der Waals surface area contributed by atoms with E-state index in [2.05, 4.69) is 58.5 Å². The summed E-state index contributed by atoms with van der Waals surface area (Å²) in [6, 6.07) is 24.7. The van der Waals surface area contributed by atoms with Gasteiger partial charge in [0.25, 0.3) is 0 Å². The highest BCUT2D eigenvalue weighted by molar-refractivity contribution is 7.22. The largest absolute Gasteiger partial charge is 0.508 e. The Morgan fingerprint density at radius 1 is 0.911 bits per heavy atom. The third-order valence-electron chi connectivity index (χ3n) is 7.52. The van der Waals surface area contributed by atoms with Crippen molar-refractivity contribution in [3.8, 4) is 27.8 Å². The zero-order valence-corrected chi connectivity index (χ0v) is 25.7. The molecular weight excluding hydrogens is 594 g/mol.